The number of thioether (sulfide) groups is 1. The highest BCUT2D eigenvalue weighted by molar-refractivity contribution is 8.00. The van der Waals surface area contributed by atoms with Crippen LogP contribution in [0.4, 0.5) is 5.69 Å². The van der Waals surface area contributed by atoms with Gasteiger partial charge in [0.05, 0.1) is 10.3 Å². The monoisotopic (exact) mass is 433 g/mol. The van der Waals surface area contributed by atoms with E-state index in [9.17, 15) is 13.2 Å². The van der Waals surface area contributed by atoms with Crippen molar-refractivity contribution in [3.05, 3.63) is 47.7 Å². The van der Waals surface area contributed by atoms with Crippen molar-refractivity contribution in [1.29, 1.82) is 0 Å². The number of hydrogen-bond donors (Lipinski definition) is 1. The maximum absolute atomic E-state index is 12.7. The van der Waals surface area contributed by atoms with Crippen molar-refractivity contribution in [2.45, 2.75) is 55.2 Å². The van der Waals surface area contributed by atoms with Crippen LogP contribution in [0.2, 0.25) is 0 Å². The number of rotatable bonds is 6. The average molecular weight is 434 g/mol. The largest absolute Gasteiger partial charge is 0.325 e. The van der Waals surface area contributed by atoms with Crippen molar-refractivity contribution in [3.8, 4) is 0 Å². The first-order chi connectivity index (χ1) is 13.8. The molecule has 1 aliphatic heterocycles. The molecule has 1 saturated heterocycles. The number of nitrogens with one attached hydrogen (secondary N) is 1. The fraction of sp³-hybridized carbons (Fsp3) is 0.429. The summed E-state index contributed by atoms with van der Waals surface area (Å²) < 4.78 is 26.9. The molecular formula is C21H27N3O3S2. The number of carbonyl (C=O) groups is 1. The van der Waals surface area contributed by atoms with Crippen LogP contribution in [0.3, 0.4) is 0 Å². The van der Waals surface area contributed by atoms with Crippen molar-refractivity contribution in [2.24, 2.45) is 0 Å². The van der Waals surface area contributed by atoms with Gasteiger partial charge in [0.1, 0.15) is 4.90 Å². The Bertz CT molecular complexity index is 969. The van der Waals surface area contributed by atoms with Crippen molar-refractivity contribution in [3.63, 3.8) is 0 Å². The van der Waals surface area contributed by atoms with Crippen molar-refractivity contribution in [1.82, 2.24) is 9.29 Å². The molecule has 1 unspecified atom stereocenters. The average Bonchev–Trinajstić information content (AvgIpc) is 2.71. The van der Waals surface area contributed by atoms with Crippen molar-refractivity contribution in [2.75, 3.05) is 18.4 Å². The number of nitrogens with zero attached hydrogens (tertiary/aromatic N) is 2. The molecule has 1 fully saturated rings. The van der Waals surface area contributed by atoms with Gasteiger partial charge in [0.2, 0.25) is 15.9 Å². The van der Waals surface area contributed by atoms with E-state index < -0.39 is 10.0 Å². The minimum Gasteiger partial charge on any atom is -0.325 e. The number of aryl methyl sites for hydroxylation is 2. The summed E-state index contributed by atoms with van der Waals surface area (Å²) in [6, 6.07) is 9.13. The molecule has 2 aromatic rings. The van der Waals surface area contributed by atoms with E-state index in [1.54, 1.807) is 12.1 Å². The molecule has 1 aliphatic rings. The standard InChI is InChI=1S/C21H27N3O3S2/c1-15-7-9-19(16(2)13-15)23-21(25)17(3)28-20-10-8-18(14-22-20)29(26,27)24-11-5-4-6-12-24/h7-10,13-14,17H,4-6,11-12H2,1-3H3,(H,23,25). The minimum atomic E-state index is -3.49. The summed E-state index contributed by atoms with van der Waals surface area (Å²) in [6.45, 7) is 6.91. The van der Waals surface area contributed by atoms with Crippen LogP contribution in [0.5, 0.6) is 0 Å². The van der Waals surface area contributed by atoms with Crippen LogP contribution >= 0.6 is 11.8 Å². The van der Waals surface area contributed by atoms with Gasteiger partial charge >= 0.3 is 0 Å². The normalized spacial score (nSPS) is 16.4. The Morgan fingerprint density at radius 1 is 1.14 bits per heavy atom. The van der Waals surface area contributed by atoms with Gasteiger partial charge in [-0.05, 0) is 57.4 Å². The van der Waals surface area contributed by atoms with Crippen LogP contribution in [0.1, 0.15) is 37.3 Å². The molecule has 1 aromatic heterocycles. The summed E-state index contributed by atoms with van der Waals surface area (Å²) in [7, 11) is -3.49. The zero-order chi connectivity index (χ0) is 21.0. The molecule has 0 bridgehead atoms. The minimum absolute atomic E-state index is 0.117. The molecule has 1 amide bonds. The zero-order valence-electron chi connectivity index (χ0n) is 17.0. The third kappa shape index (κ3) is 5.38. The number of hydrogen-bond acceptors (Lipinski definition) is 5. The van der Waals surface area contributed by atoms with Crippen molar-refractivity contribution >= 4 is 33.4 Å². The van der Waals surface area contributed by atoms with Gasteiger partial charge in [0, 0.05) is 25.0 Å². The number of amides is 1. The topological polar surface area (TPSA) is 79.4 Å². The number of benzene rings is 1. The number of aromatic nitrogens is 1. The molecule has 156 valence electrons. The summed E-state index contributed by atoms with van der Waals surface area (Å²) in [5.74, 6) is -0.117. The van der Waals surface area contributed by atoms with E-state index in [-0.39, 0.29) is 16.1 Å². The van der Waals surface area contributed by atoms with Gasteiger partial charge in [-0.2, -0.15) is 4.31 Å². The molecule has 0 saturated carbocycles. The van der Waals surface area contributed by atoms with Crippen molar-refractivity contribution < 1.29 is 13.2 Å². The summed E-state index contributed by atoms with van der Waals surface area (Å²) in [6.07, 6.45) is 4.25. The Morgan fingerprint density at radius 3 is 2.48 bits per heavy atom. The smallest absolute Gasteiger partial charge is 0.244 e. The Morgan fingerprint density at radius 2 is 1.86 bits per heavy atom. The second-order valence-corrected chi connectivity index (χ2v) is 10.7. The lowest BCUT2D eigenvalue weighted by Gasteiger charge is -2.25. The van der Waals surface area contributed by atoms with Crippen LogP contribution in [0.25, 0.3) is 0 Å². The molecule has 0 radical (unpaired) electrons. The Labute approximate surface area is 177 Å². The number of piperidine rings is 1. The van der Waals surface area contributed by atoms with Gasteiger partial charge in [-0.25, -0.2) is 13.4 Å². The third-order valence-corrected chi connectivity index (χ3v) is 7.90. The summed E-state index contributed by atoms with van der Waals surface area (Å²) in [4.78, 5) is 17.0. The van der Waals surface area contributed by atoms with Crippen LogP contribution in [0.15, 0.2) is 46.5 Å². The highest BCUT2D eigenvalue weighted by Crippen LogP contribution is 2.26. The molecule has 0 aliphatic carbocycles. The number of anilines is 1. The molecule has 8 heteroatoms. The first-order valence-electron chi connectivity index (χ1n) is 9.78. The second kappa shape index (κ2) is 9.28. The molecule has 6 nitrogen and oxygen atoms in total. The molecule has 2 heterocycles. The van der Waals surface area contributed by atoms with Crippen LogP contribution in [-0.4, -0.2) is 42.0 Å². The first kappa shape index (κ1) is 21.8. The fourth-order valence-corrected chi connectivity index (χ4v) is 5.52. The molecule has 1 N–H and O–H groups in total. The van der Waals surface area contributed by atoms with Gasteiger partial charge in [-0.3, -0.25) is 4.79 Å². The number of sulfonamides is 1. The predicted molar refractivity (Wildman–Crippen MR) is 117 cm³/mol. The SMILES string of the molecule is Cc1ccc(NC(=O)C(C)Sc2ccc(S(=O)(=O)N3CCCCC3)cn2)c(C)c1. The van der Waals surface area contributed by atoms with Crippen LogP contribution in [-0.2, 0) is 14.8 Å². The summed E-state index contributed by atoms with van der Waals surface area (Å²) >= 11 is 1.30. The second-order valence-electron chi connectivity index (χ2n) is 7.36. The van der Waals surface area contributed by atoms with Gasteiger partial charge in [0.25, 0.3) is 0 Å². The molecule has 0 spiro atoms. The Hall–Kier alpha value is -1.90. The van der Waals surface area contributed by atoms with Gasteiger partial charge in [0.15, 0.2) is 0 Å². The van der Waals surface area contributed by atoms with E-state index in [0.717, 1.165) is 36.1 Å². The van der Waals surface area contributed by atoms with E-state index in [1.807, 2.05) is 39.0 Å². The fourth-order valence-electron chi connectivity index (χ4n) is 3.27. The van der Waals surface area contributed by atoms with Gasteiger partial charge in [-0.15, -0.1) is 0 Å². The van der Waals surface area contributed by atoms with E-state index in [2.05, 4.69) is 10.3 Å². The Kier molecular flexibility index (Phi) is 6.97. The lowest BCUT2D eigenvalue weighted by Crippen LogP contribution is -2.35. The lowest BCUT2D eigenvalue weighted by atomic mass is 10.1. The molecular weight excluding hydrogens is 406 g/mol. The molecule has 29 heavy (non-hydrogen) atoms. The molecule has 1 aromatic carbocycles. The van der Waals surface area contributed by atoms with E-state index in [0.29, 0.717) is 18.1 Å². The summed E-state index contributed by atoms with van der Waals surface area (Å²) in [5.41, 5.74) is 2.96. The summed E-state index contributed by atoms with van der Waals surface area (Å²) in [5, 5.41) is 3.19. The van der Waals surface area contributed by atoms with Crippen LogP contribution in [0, 0.1) is 13.8 Å². The van der Waals surface area contributed by atoms with Gasteiger partial charge in [-0.1, -0.05) is 35.9 Å². The van der Waals surface area contributed by atoms with E-state index in [4.69, 9.17) is 0 Å². The quantitative estimate of drug-likeness (QED) is 0.697. The molecule has 3 rings (SSSR count). The zero-order valence-corrected chi connectivity index (χ0v) is 18.6. The maximum Gasteiger partial charge on any atom is 0.244 e. The Balaban J connectivity index is 1.63. The van der Waals surface area contributed by atoms with E-state index in [1.165, 1.54) is 22.3 Å². The molecule has 1 atom stereocenters. The highest BCUT2D eigenvalue weighted by Gasteiger charge is 2.26. The maximum atomic E-state index is 12.7. The highest BCUT2D eigenvalue weighted by atomic mass is 32.2. The third-order valence-electron chi connectivity index (χ3n) is 4.97. The predicted octanol–water partition coefficient (Wildman–Crippen LogP) is 3.99. The number of carbonyl (C=O) groups excluding carboxylic acids is 1. The van der Waals surface area contributed by atoms with Gasteiger partial charge < -0.3 is 5.32 Å². The first-order valence-corrected chi connectivity index (χ1v) is 12.1. The van der Waals surface area contributed by atoms with Crippen LogP contribution < -0.4 is 5.32 Å². The van der Waals surface area contributed by atoms with E-state index >= 15 is 0 Å². The lowest BCUT2D eigenvalue weighted by molar-refractivity contribution is -0.115. The number of pyridine rings is 1.